The highest BCUT2D eigenvalue weighted by atomic mass is 35.5. The van der Waals surface area contributed by atoms with Gasteiger partial charge in [-0.25, -0.2) is 4.98 Å². The molecule has 19 heavy (non-hydrogen) atoms. The number of aromatic nitrogens is 2. The Morgan fingerprint density at radius 3 is 2.58 bits per heavy atom. The van der Waals surface area contributed by atoms with Crippen molar-refractivity contribution < 1.29 is 0 Å². The van der Waals surface area contributed by atoms with Gasteiger partial charge < -0.3 is 4.57 Å². The maximum atomic E-state index is 5.96. The van der Waals surface area contributed by atoms with Gasteiger partial charge in [-0.3, -0.25) is 0 Å². The number of nitrogens with zero attached hydrogens (tertiary/aromatic N) is 2. The second-order valence-corrected chi connectivity index (χ2v) is 4.72. The summed E-state index contributed by atoms with van der Waals surface area (Å²) >= 11 is 5.96. The number of halogens is 1. The van der Waals surface area contributed by atoms with Gasteiger partial charge in [-0.2, -0.15) is 0 Å². The summed E-state index contributed by atoms with van der Waals surface area (Å²) < 4.78 is 2.06. The molecule has 0 saturated heterocycles. The molecule has 3 rings (SSSR count). The van der Waals surface area contributed by atoms with Crippen LogP contribution in [0.5, 0.6) is 0 Å². The molecule has 0 aliphatic rings. The largest absolute Gasteiger partial charge is 0.326 e. The maximum Gasteiger partial charge on any atom is 0.0954 e. The maximum absolute atomic E-state index is 5.96. The molecule has 0 aliphatic carbocycles. The van der Waals surface area contributed by atoms with Crippen molar-refractivity contribution in [2.24, 2.45) is 0 Å². The van der Waals surface area contributed by atoms with E-state index in [0.29, 0.717) is 0 Å². The molecule has 1 atom stereocenters. The lowest BCUT2D eigenvalue weighted by molar-refractivity contribution is 0.676. The second-order valence-electron chi connectivity index (χ2n) is 4.28. The van der Waals surface area contributed by atoms with Crippen LogP contribution in [0.3, 0.4) is 0 Å². The van der Waals surface area contributed by atoms with Crippen molar-refractivity contribution in [1.29, 1.82) is 0 Å². The second kappa shape index (κ2) is 5.29. The lowest BCUT2D eigenvalue weighted by atomic mass is 9.99. The first-order valence-electron chi connectivity index (χ1n) is 6.04. The number of benzene rings is 2. The summed E-state index contributed by atoms with van der Waals surface area (Å²) in [4.78, 5) is 4.13. The van der Waals surface area contributed by atoms with E-state index in [-0.39, 0.29) is 6.04 Å². The van der Waals surface area contributed by atoms with Crippen LogP contribution < -0.4 is 0 Å². The summed E-state index contributed by atoms with van der Waals surface area (Å²) in [5, 5.41) is 0.741. The lowest BCUT2D eigenvalue weighted by Crippen LogP contribution is -2.10. The average molecular weight is 268 g/mol. The normalized spacial score (nSPS) is 12.3. The van der Waals surface area contributed by atoms with E-state index in [1.165, 1.54) is 0 Å². The first kappa shape index (κ1) is 12.0. The van der Waals surface area contributed by atoms with Gasteiger partial charge in [0.05, 0.1) is 12.4 Å². The number of hydrogen-bond donors (Lipinski definition) is 0. The fourth-order valence-electron chi connectivity index (χ4n) is 2.16. The minimum atomic E-state index is 0.0703. The topological polar surface area (TPSA) is 17.8 Å². The smallest absolute Gasteiger partial charge is 0.0954 e. The van der Waals surface area contributed by atoms with Crippen LogP contribution in [0.2, 0.25) is 5.02 Å². The Hall–Kier alpha value is -2.06. The van der Waals surface area contributed by atoms with Gasteiger partial charge in [-0.15, -0.1) is 0 Å². The molecule has 0 bridgehead atoms. The Kier molecular flexibility index (Phi) is 3.34. The van der Waals surface area contributed by atoms with Crippen LogP contribution in [0.4, 0.5) is 0 Å². The van der Waals surface area contributed by atoms with Crippen molar-refractivity contribution in [3.8, 4) is 0 Å². The predicted octanol–water partition coefficient (Wildman–Crippen LogP) is 3.97. The molecule has 3 aromatic rings. The number of imidazole rings is 1. The third-order valence-electron chi connectivity index (χ3n) is 3.04. The van der Waals surface area contributed by atoms with Gasteiger partial charge in [0.2, 0.25) is 0 Å². The first-order valence-corrected chi connectivity index (χ1v) is 6.42. The van der Waals surface area contributed by atoms with Crippen molar-refractivity contribution in [3.63, 3.8) is 0 Å². The van der Waals surface area contributed by atoms with Crippen LogP contribution in [0.25, 0.3) is 0 Å². The van der Waals surface area contributed by atoms with E-state index in [4.69, 9.17) is 11.6 Å². The molecule has 1 unspecified atom stereocenters. The highest BCUT2D eigenvalue weighted by Gasteiger charge is 2.15. The minimum absolute atomic E-state index is 0.0703. The van der Waals surface area contributed by atoms with E-state index in [9.17, 15) is 0 Å². The van der Waals surface area contributed by atoms with E-state index in [1.54, 1.807) is 6.20 Å². The fourth-order valence-corrected chi connectivity index (χ4v) is 2.28. The van der Waals surface area contributed by atoms with E-state index in [1.807, 2.05) is 55.0 Å². The molecule has 2 aromatic carbocycles. The van der Waals surface area contributed by atoms with Gasteiger partial charge in [0.1, 0.15) is 0 Å². The third kappa shape index (κ3) is 2.54. The zero-order chi connectivity index (χ0) is 13.1. The molecule has 0 aliphatic heterocycles. The van der Waals surface area contributed by atoms with Crippen LogP contribution >= 0.6 is 11.6 Å². The van der Waals surface area contributed by atoms with Gasteiger partial charge >= 0.3 is 0 Å². The molecular formula is C16H12ClN2. The molecule has 1 aromatic heterocycles. The molecule has 0 N–H and O–H groups in total. The molecule has 0 saturated carbocycles. The Morgan fingerprint density at radius 1 is 1.11 bits per heavy atom. The van der Waals surface area contributed by atoms with Crippen LogP contribution in [0.15, 0.2) is 67.3 Å². The zero-order valence-corrected chi connectivity index (χ0v) is 11.0. The van der Waals surface area contributed by atoms with Crippen LogP contribution in [-0.4, -0.2) is 9.55 Å². The van der Waals surface area contributed by atoms with Crippen molar-refractivity contribution in [3.05, 3.63) is 89.5 Å². The van der Waals surface area contributed by atoms with Crippen LogP contribution in [0.1, 0.15) is 17.2 Å². The Morgan fingerprint density at radius 2 is 1.95 bits per heavy atom. The third-order valence-corrected chi connectivity index (χ3v) is 3.29. The van der Waals surface area contributed by atoms with Crippen molar-refractivity contribution >= 4 is 11.6 Å². The van der Waals surface area contributed by atoms with E-state index < -0.39 is 0 Å². The van der Waals surface area contributed by atoms with Gasteiger partial charge in [-0.1, -0.05) is 48.0 Å². The van der Waals surface area contributed by atoms with E-state index in [0.717, 1.165) is 16.1 Å². The first-order chi connectivity index (χ1) is 9.34. The lowest BCUT2D eigenvalue weighted by Gasteiger charge is -2.19. The molecule has 1 radical (unpaired) electrons. The van der Waals surface area contributed by atoms with Crippen molar-refractivity contribution in [1.82, 2.24) is 9.55 Å². The summed E-state index contributed by atoms with van der Waals surface area (Å²) in [6.45, 7) is 0. The molecule has 93 valence electrons. The molecule has 1 heterocycles. The summed E-state index contributed by atoms with van der Waals surface area (Å²) in [7, 11) is 0. The van der Waals surface area contributed by atoms with Crippen LogP contribution in [-0.2, 0) is 0 Å². The molecular weight excluding hydrogens is 256 g/mol. The predicted molar refractivity (Wildman–Crippen MR) is 76.2 cm³/mol. The Balaban J connectivity index is 2.10. The molecule has 0 amide bonds. The van der Waals surface area contributed by atoms with Crippen molar-refractivity contribution in [2.75, 3.05) is 0 Å². The van der Waals surface area contributed by atoms with Crippen LogP contribution in [0, 0.1) is 6.07 Å². The highest BCUT2D eigenvalue weighted by molar-refractivity contribution is 6.30. The van der Waals surface area contributed by atoms with E-state index in [2.05, 4.69) is 21.7 Å². The highest BCUT2D eigenvalue weighted by Crippen LogP contribution is 2.26. The summed E-state index contributed by atoms with van der Waals surface area (Å²) in [6.07, 6.45) is 5.56. The molecule has 0 fully saturated rings. The monoisotopic (exact) mass is 267 g/mol. The number of rotatable bonds is 3. The van der Waals surface area contributed by atoms with Gasteiger partial charge in [-0.05, 0) is 29.3 Å². The minimum Gasteiger partial charge on any atom is -0.326 e. The molecule has 3 heteroatoms. The summed E-state index contributed by atoms with van der Waals surface area (Å²) in [5.74, 6) is 0. The Labute approximate surface area is 117 Å². The average Bonchev–Trinajstić information content (AvgIpc) is 2.96. The fraction of sp³-hybridized carbons (Fsp3) is 0.0625. The van der Waals surface area contributed by atoms with E-state index >= 15 is 0 Å². The Bertz CT molecular complexity index is 630. The zero-order valence-electron chi connectivity index (χ0n) is 10.2. The standard InChI is InChI=1S/C16H12ClN2/c17-15-8-6-14(7-9-15)16(19-11-10-18-12-19)13-4-2-1-3-5-13/h1-4,6-12,16H. The SMILES string of the molecule is Clc1ccc(C(c2[c]cccc2)n2ccnc2)cc1. The molecule has 2 nitrogen and oxygen atoms in total. The van der Waals surface area contributed by atoms with Gasteiger partial charge in [0, 0.05) is 17.4 Å². The molecule has 0 spiro atoms. The summed E-state index contributed by atoms with van der Waals surface area (Å²) in [5.41, 5.74) is 2.26. The van der Waals surface area contributed by atoms with Gasteiger partial charge in [0.25, 0.3) is 0 Å². The van der Waals surface area contributed by atoms with Gasteiger partial charge in [0.15, 0.2) is 0 Å². The summed E-state index contributed by atoms with van der Waals surface area (Å²) in [6, 6.07) is 19.2. The van der Waals surface area contributed by atoms with Crippen molar-refractivity contribution in [2.45, 2.75) is 6.04 Å². The quantitative estimate of drug-likeness (QED) is 0.702. The number of hydrogen-bond acceptors (Lipinski definition) is 1.